The third-order valence-electron chi connectivity index (χ3n) is 2.46. The minimum atomic E-state index is -0.505. The highest BCUT2D eigenvalue weighted by Crippen LogP contribution is 2.07. The SMILES string of the molecule is CCOC(=O)N1CCN(C(=O)C(C)Cl)CC1. The number of ether oxygens (including phenoxy) is 1. The van der Waals surface area contributed by atoms with Crippen LogP contribution in [0.5, 0.6) is 0 Å². The molecule has 92 valence electrons. The van der Waals surface area contributed by atoms with E-state index < -0.39 is 5.38 Å². The van der Waals surface area contributed by atoms with E-state index in [0.29, 0.717) is 32.8 Å². The maximum atomic E-state index is 11.6. The fourth-order valence-electron chi connectivity index (χ4n) is 1.58. The highest BCUT2D eigenvalue weighted by atomic mass is 35.5. The van der Waals surface area contributed by atoms with Gasteiger partial charge >= 0.3 is 6.09 Å². The Morgan fingerprint density at radius 1 is 1.25 bits per heavy atom. The topological polar surface area (TPSA) is 49.9 Å². The minimum absolute atomic E-state index is 0.0785. The van der Waals surface area contributed by atoms with Crippen LogP contribution in [0, 0.1) is 0 Å². The molecule has 0 bridgehead atoms. The summed E-state index contributed by atoms with van der Waals surface area (Å²) in [5, 5.41) is -0.505. The third kappa shape index (κ3) is 3.27. The van der Waals surface area contributed by atoms with Crippen molar-refractivity contribution in [3.8, 4) is 0 Å². The predicted octanol–water partition coefficient (Wildman–Crippen LogP) is 0.914. The second kappa shape index (κ2) is 5.94. The summed E-state index contributed by atoms with van der Waals surface area (Å²) >= 11 is 5.71. The molecule has 1 saturated heterocycles. The number of hydrogen-bond donors (Lipinski definition) is 0. The summed E-state index contributed by atoms with van der Waals surface area (Å²) in [5.74, 6) is -0.0785. The molecule has 16 heavy (non-hydrogen) atoms. The molecule has 5 nitrogen and oxygen atoms in total. The van der Waals surface area contributed by atoms with E-state index >= 15 is 0 Å². The summed E-state index contributed by atoms with van der Waals surface area (Å²) in [6, 6.07) is 0. The van der Waals surface area contributed by atoms with Crippen LogP contribution in [0.4, 0.5) is 4.79 Å². The average molecular weight is 249 g/mol. The van der Waals surface area contributed by atoms with Crippen molar-refractivity contribution in [3.63, 3.8) is 0 Å². The Hall–Kier alpha value is -0.970. The highest BCUT2D eigenvalue weighted by molar-refractivity contribution is 6.30. The molecule has 1 atom stereocenters. The highest BCUT2D eigenvalue weighted by Gasteiger charge is 2.26. The van der Waals surface area contributed by atoms with Crippen LogP contribution in [-0.4, -0.2) is 60.0 Å². The zero-order valence-corrected chi connectivity index (χ0v) is 10.4. The zero-order chi connectivity index (χ0) is 12.1. The van der Waals surface area contributed by atoms with E-state index in [-0.39, 0.29) is 12.0 Å². The first kappa shape index (κ1) is 13.1. The van der Waals surface area contributed by atoms with E-state index in [2.05, 4.69) is 0 Å². The first-order valence-corrected chi connectivity index (χ1v) is 5.84. The van der Waals surface area contributed by atoms with Gasteiger partial charge in [0.1, 0.15) is 5.38 Å². The molecular formula is C10H17ClN2O3. The quantitative estimate of drug-likeness (QED) is 0.683. The van der Waals surface area contributed by atoms with Crippen molar-refractivity contribution in [2.75, 3.05) is 32.8 Å². The molecule has 0 saturated carbocycles. The molecule has 2 amide bonds. The van der Waals surface area contributed by atoms with Gasteiger partial charge in [0.2, 0.25) is 5.91 Å². The van der Waals surface area contributed by atoms with E-state index in [4.69, 9.17) is 16.3 Å². The molecule has 0 radical (unpaired) electrons. The molecule has 1 aliphatic heterocycles. The number of nitrogens with zero attached hydrogens (tertiary/aromatic N) is 2. The van der Waals surface area contributed by atoms with Crippen LogP contribution in [-0.2, 0) is 9.53 Å². The molecule has 1 rings (SSSR count). The summed E-state index contributed by atoms with van der Waals surface area (Å²) < 4.78 is 4.88. The summed E-state index contributed by atoms with van der Waals surface area (Å²) in [5.41, 5.74) is 0. The molecule has 1 aliphatic rings. The van der Waals surface area contributed by atoms with Gasteiger partial charge in [-0.2, -0.15) is 0 Å². The maximum Gasteiger partial charge on any atom is 0.409 e. The summed E-state index contributed by atoms with van der Waals surface area (Å²) in [6.45, 7) is 5.86. The van der Waals surface area contributed by atoms with Gasteiger partial charge in [0.15, 0.2) is 0 Å². The molecule has 0 N–H and O–H groups in total. The molecular weight excluding hydrogens is 232 g/mol. The average Bonchev–Trinajstić information content (AvgIpc) is 2.28. The second-order valence-corrected chi connectivity index (χ2v) is 4.28. The molecule has 1 fully saturated rings. The Balaban J connectivity index is 2.39. The van der Waals surface area contributed by atoms with Gasteiger partial charge in [-0.3, -0.25) is 4.79 Å². The number of alkyl halides is 1. The van der Waals surface area contributed by atoms with Crippen LogP contribution in [0.25, 0.3) is 0 Å². The lowest BCUT2D eigenvalue weighted by molar-refractivity contribution is -0.132. The standard InChI is InChI=1S/C10H17ClN2O3/c1-3-16-10(15)13-6-4-12(5-7-13)9(14)8(2)11/h8H,3-7H2,1-2H3. The summed E-state index contributed by atoms with van der Waals surface area (Å²) in [7, 11) is 0. The lowest BCUT2D eigenvalue weighted by Gasteiger charge is -2.34. The van der Waals surface area contributed by atoms with Gasteiger partial charge in [0.25, 0.3) is 0 Å². The molecule has 6 heteroatoms. The van der Waals surface area contributed by atoms with Gasteiger partial charge < -0.3 is 14.5 Å². The van der Waals surface area contributed by atoms with Crippen molar-refractivity contribution < 1.29 is 14.3 Å². The van der Waals surface area contributed by atoms with Crippen LogP contribution < -0.4 is 0 Å². The van der Waals surface area contributed by atoms with E-state index in [0.717, 1.165) is 0 Å². The van der Waals surface area contributed by atoms with Crippen LogP contribution in [0.15, 0.2) is 0 Å². The number of carbonyl (C=O) groups is 2. The number of rotatable bonds is 2. The lowest BCUT2D eigenvalue weighted by atomic mass is 10.3. The normalized spacial score (nSPS) is 18.2. The van der Waals surface area contributed by atoms with Gasteiger partial charge in [0, 0.05) is 26.2 Å². The Bertz CT molecular complexity index is 263. The number of piperazine rings is 1. The van der Waals surface area contributed by atoms with Crippen LogP contribution in [0.2, 0.25) is 0 Å². The number of halogens is 1. The predicted molar refractivity (Wildman–Crippen MR) is 60.5 cm³/mol. The Morgan fingerprint density at radius 2 is 1.75 bits per heavy atom. The zero-order valence-electron chi connectivity index (χ0n) is 9.61. The van der Waals surface area contributed by atoms with E-state index in [1.54, 1.807) is 23.6 Å². The number of hydrogen-bond acceptors (Lipinski definition) is 3. The van der Waals surface area contributed by atoms with Gasteiger partial charge in [-0.15, -0.1) is 11.6 Å². The van der Waals surface area contributed by atoms with Crippen molar-refractivity contribution in [2.45, 2.75) is 19.2 Å². The van der Waals surface area contributed by atoms with E-state index in [1.165, 1.54) is 0 Å². The molecule has 0 aliphatic carbocycles. The van der Waals surface area contributed by atoms with Gasteiger partial charge in [-0.1, -0.05) is 0 Å². The smallest absolute Gasteiger partial charge is 0.409 e. The Labute approximate surface area is 100 Å². The van der Waals surface area contributed by atoms with Crippen molar-refractivity contribution >= 4 is 23.6 Å². The third-order valence-corrected chi connectivity index (χ3v) is 2.64. The van der Waals surface area contributed by atoms with Crippen LogP contribution in [0.3, 0.4) is 0 Å². The van der Waals surface area contributed by atoms with E-state index in [9.17, 15) is 9.59 Å². The van der Waals surface area contributed by atoms with Crippen molar-refractivity contribution in [3.05, 3.63) is 0 Å². The van der Waals surface area contributed by atoms with Crippen molar-refractivity contribution in [1.29, 1.82) is 0 Å². The van der Waals surface area contributed by atoms with Gasteiger partial charge in [0.05, 0.1) is 6.61 Å². The Kier molecular flexibility index (Phi) is 4.86. The lowest BCUT2D eigenvalue weighted by Crippen LogP contribution is -2.52. The Morgan fingerprint density at radius 3 is 2.19 bits per heavy atom. The first-order chi connectivity index (χ1) is 7.56. The molecule has 0 aromatic carbocycles. The first-order valence-electron chi connectivity index (χ1n) is 5.40. The summed E-state index contributed by atoms with van der Waals surface area (Å²) in [4.78, 5) is 26.2. The van der Waals surface area contributed by atoms with Crippen molar-refractivity contribution in [2.24, 2.45) is 0 Å². The van der Waals surface area contributed by atoms with E-state index in [1.807, 2.05) is 0 Å². The molecule has 1 unspecified atom stereocenters. The monoisotopic (exact) mass is 248 g/mol. The fraction of sp³-hybridized carbons (Fsp3) is 0.800. The maximum absolute atomic E-state index is 11.6. The van der Waals surface area contributed by atoms with Crippen LogP contribution in [0.1, 0.15) is 13.8 Å². The molecule has 1 heterocycles. The minimum Gasteiger partial charge on any atom is -0.450 e. The number of amides is 2. The van der Waals surface area contributed by atoms with Gasteiger partial charge in [-0.05, 0) is 13.8 Å². The fourth-order valence-corrected chi connectivity index (χ4v) is 1.71. The van der Waals surface area contributed by atoms with Gasteiger partial charge in [-0.25, -0.2) is 4.79 Å². The largest absolute Gasteiger partial charge is 0.450 e. The van der Waals surface area contributed by atoms with Crippen LogP contribution >= 0.6 is 11.6 Å². The van der Waals surface area contributed by atoms with Crippen molar-refractivity contribution in [1.82, 2.24) is 9.80 Å². The molecule has 0 aromatic heterocycles. The number of carbonyl (C=O) groups excluding carboxylic acids is 2. The summed E-state index contributed by atoms with van der Waals surface area (Å²) in [6.07, 6.45) is -0.312. The molecule has 0 spiro atoms. The second-order valence-electron chi connectivity index (χ2n) is 3.63. The molecule has 0 aromatic rings.